The lowest BCUT2D eigenvalue weighted by Gasteiger charge is -2.13. The van der Waals surface area contributed by atoms with Crippen molar-refractivity contribution in [1.29, 1.82) is 0 Å². The molecule has 1 aliphatic rings. The number of hydrogen-bond acceptors (Lipinski definition) is 3. The van der Waals surface area contributed by atoms with Gasteiger partial charge in [0.15, 0.2) is 0 Å². The highest BCUT2D eigenvalue weighted by Crippen LogP contribution is 2.11. The van der Waals surface area contributed by atoms with Crippen LogP contribution < -0.4 is 0 Å². The number of benzene rings is 1. The Bertz CT molecular complexity index is 416. The van der Waals surface area contributed by atoms with E-state index in [9.17, 15) is 9.59 Å². The maximum Gasteiger partial charge on any atom is 0.416 e. The number of nitrogens with zero attached hydrogens (tertiary/aromatic N) is 1. The molecule has 0 radical (unpaired) electrons. The zero-order chi connectivity index (χ0) is 12.8. The molecule has 0 aliphatic carbocycles. The molecule has 0 atom stereocenters. The Kier molecular flexibility index (Phi) is 4.34. The molecule has 1 saturated heterocycles. The molecular weight excluding hydrogens is 230 g/mol. The summed E-state index contributed by atoms with van der Waals surface area (Å²) in [6.45, 7) is 0.855. The molecule has 96 valence electrons. The van der Waals surface area contributed by atoms with Crippen molar-refractivity contribution in [2.45, 2.75) is 25.7 Å². The average Bonchev–Trinajstić information content (AvgIpc) is 2.82. The molecule has 1 aromatic rings. The van der Waals surface area contributed by atoms with Gasteiger partial charge in [0.05, 0.1) is 6.61 Å². The summed E-state index contributed by atoms with van der Waals surface area (Å²) in [6, 6.07) is 10.1. The van der Waals surface area contributed by atoms with E-state index in [0.717, 1.165) is 19.3 Å². The van der Waals surface area contributed by atoms with E-state index in [-0.39, 0.29) is 5.91 Å². The third kappa shape index (κ3) is 3.32. The lowest BCUT2D eigenvalue weighted by Crippen LogP contribution is -2.32. The summed E-state index contributed by atoms with van der Waals surface area (Å²) < 4.78 is 5.08. The average molecular weight is 247 g/mol. The molecule has 1 heterocycles. The zero-order valence-corrected chi connectivity index (χ0v) is 10.3. The van der Waals surface area contributed by atoms with Crippen LogP contribution in [0.4, 0.5) is 4.79 Å². The lowest BCUT2D eigenvalue weighted by atomic mass is 10.1. The van der Waals surface area contributed by atoms with Gasteiger partial charge in [0, 0.05) is 13.0 Å². The molecule has 0 saturated carbocycles. The highest BCUT2D eigenvalue weighted by atomic mass is 16.6. The second kappa shape index (κ2) is 6.19. The number of hydrogen-bond donors (Lipinski definition) is 0. The number of carbonyl (C=O) groups excluding carboxylic acids is 2. The molecule has 0 unspecified atom stereocenters. The quantitative estimate of drug-likeness (QED) is 0.767. The number of carbonyl (C=O) groups is 2. The summed E-state index contributed by atoms with van der Waals surface area (Å²) in [7, 11) is 0. The third-order valence-electron chi connectivity index (χ3n) is 2.97. The fourth-order valence-electron chi connectivity index (χ4n) is 2.00. The van der Waals surface area contributed by atoms with Gasteiger partial charge in [0.2, 0.25) is 5.91 Å². The molecule has 2 rings (SSSR count). The second-order valence-electron chi connectivity index (χ2n) is 4.35. The first-order valence-corrected chi connectivity index (χ1v) is 6.28. The first-order chi connectivity index (χ1) is 8.77. The Morgan fingerprint density at radius 1 is 1.28 bits per heavy atom. The van der Waals surface area contributed by atoms with Crippen LogP contribution in [0, 0.1) is 0 Å². The van der Waals surface area contributed by atoms with Gasteiger partial charge in [0.25, 0.3) is 0 Å². The fraction of sp³-hybridized carbons (Fsp3) is 0.429. The van der Waals surface area contributed by atoms with E-state index in [4.69, 9.17) is 4.74 Å². The molecule has 18 heavy (non-hydrogen) atoms. The van der Waals surface area contributed by atoms with Crippen molar-refractivity contribution < 1.29 is 14.3 Å². The van der Waals surface area contributed by atoms with Crippen LogP contribution in [0.3, 0.4) is 0 Å². The summed E-state index contributed by atoms with van der Waals surface area (Å²) in [6.07, 6.45) is 2.36. The van der Waals surface area contributed by atoms with E-state index in [1.54, 1.807) is 0 Å². The van der Waals surface area contributed by atoms with E-state index in [2.05, 4.69) is 0 Å². The smallest absolute Gasteiger partial charge is 0.416 e. The summed E-state index contributed by atoms with van der Waals surface area (Å²) in [5, 5.41) is 0. The van der Waals surface area contributed by atoms with Crippen LogP contribution in [-0.2, 0) is 16.0 Å². The molecule has 4 nitrogen and oxygen atoms in total. The van der Waals surface area contributed by atoms with Gasteiger partial charge in [-0.25, -0.2) is 9.69 Å². The first kappa shape index (κ1) is 12.6. The Morgan fingerprint density at radius 2 is 2.06 bits per heavy atom. The molecule has 0 N–H and O–H groups in total. The SMILES string of the molecule is O=C1CCCN1C(=O)OCCCc1ccccc1. The van der Waals surface area contributed by atoms with Gasteiger partial charge >= 0.3 is 6.09 Å². The van der Waals surface area contributed by atoms with E-state index >= 15 is 0 Å². The highest BCUT2D eigenvalue weighted by Gasteiger charge is 2.27. The maximum atomic E-state index is 11.5. The van der Waals surface area contributed by atoms with Gasteiger partial charge in [-0.2, -0.15) is 0 Å². The van der Waals surface area contributed by atoms with Gasteiger partial charge in [-0.05, 0) is 24.8 Å². The molecule has 1 aliphatic heterocycles. The van der Waals surface area contributed by atoms with E-state index < -0.39 is 6.09 Å². The summed E-state index contributed by atoms with van der Waals surface area (Å²) in [4.78, 5) is 24.0. The summed E-state index contributed by atoms with van der Waals surface area (Å²) >= 11 is 0. The second-order valence-corrected chi connectivity index (χ2v) is 4.35. The number of aryl methyl sites for hydroxylation is 1. The molecule has 0 aromatic heterocycles. The van der Waals surface area contributed by atoms with Crippen molar-refractivity contribution in [1.82, 2.24) is 4.90 Å². The minimum atomic E-state index is -0.495. The number of amides is 2. The molecule has 0 spiro atoms. The number of rotatable bonds is 4. The van der Waals surface area contributed by atoms with Crippen molar-refractivity contribution in [3.8, 4) is 0 Å². The Balaban J connectivity index is 1.66. The zero-order valence-electron chi connectivity index (χ0n) is 10.3. The van der Waals surface area contributed by atoms with Crippen LogP contribution in [0.25, 0.3) is 0 Å². The van der Waals surface area contributed by atoms with E-state index in [0.29, 0.717) is 19.6 Å². The minimum Gasteiger partial charge on any atom is -0.449 e. The van der Waals surface area contributed by atoms with Crippen LogP contribution in [0.5, 0.6) is 0 Å². The summed E-state index contributed by atoms with van der Waals surface area (Å²) in [5.41, 5.74) is 1.23. The van der Waals surface area contributed by atoms with Crippen molar-refractivity contribution in [2.75, 3.05) is 13.2 Å². The van der Waals surface area contributed by atoms with Crippen molar-refractivity contribution in [3.05, 3.63) is 35.9 Å². The number of imide groups is 1. The van der Waals surface area contributed by atoms with Crippen molar-refractivity contribution in [2.24, 2.45) is 0 Å². The molecule has 4 heteroatoms. The number of likely N-dealkylation sites (tertiary alicyclic amines) is 1. The first-order valence-electron chi connectivity index (χ1n) is 6.28. The van der Waals surface area contributed by atoms with Crippen LogP contribution in [0.1, 0.15) is 24.8 Å². The lowest BCUT2D eigenvalue weighted by molar-refractivity contribution is -0.126. The van der Waals surface area contributed by atoms with E-state index in [1.165, 1.54) is 10.5 Å². The van der Waals surface area contributed by atoms with Crippen LogP contribution in [-0.4, -0.2) is 30.1 Å². The van der Waals surface area contributed by atoms with Gasteiger partial charge in [-0.3, -0.25) is 4.79 Å². The topological polar surface area (TPSA) is 46.6 Å². The van der Waals surface area contributed by atoms with Gasteiger partial charge in [0.1, 0.15) is 0 Å². The predicted octanol–water partition coefficient (Wildman–Crippen LogP) is 2.38. The number of ether oxygens (including phenoxy) is 1. The predicted molar refractivity (Wildman–Crippen MR) is 67.1 cm³/mol. The Morgan fingerprint density at radius 3 is 2.72 bits per heavy atom. The van der Waals surface area contributed by atoms with Crippen molar-refractivity contribution >= 4 is 12.0 Å². The fourth-order valence-corrected chi connectivity index (χ4v) is 2.00. The minimum absolute atomic E-state index is 0.122. The standard InChI is InChI=1S/C14H17NO3/c16-13-9-4-10-15(13)14(17)18-11-5-8-12-6-2-1-3-7-12/h1-3,6-7H,4-5,8-11H2. The molecular formula is C14H17NO3. The normalized spacial score (nSPS) is 14.9. The maximum absolute atomic E-state index is 11.5. The monoisotopic (exact) mass is 247 g/mol. The van der Waals surface area contributed by atoms with Crippen LogP contribution in [0.2, 0.25) is 0 Å². The third-order valence-corrected chi connectivity index (χ3v) is 2.97. The van der Waals surface area contributed by atoms with Crippen LogP contribution in [0.15, 0.2) is 30.3 Å². The van der Waals surface area contributed by atoms with E-state index in [1.807, 2.05) is 30.3 Å². The molecule has 1 aromatic carbocycles. The highest BCUT2D eigenvalue weighted by molar-refractivity contribution is 5.93. The Labute approximate surface area is 107 Å². The van der Waals surface area contributed by atoms with Crippen LogP contribution >= 0.6 is 0 Å². The van der Waals surface area contributed by atoms with Gasteiger partial charge in [-0.15, -0.1) is 0 Å². The molecule has 2 amide bonds. The Hall–Kier alpha value is -1.84. The van der Waals surface area contributed by atoms with Gasteiger partial charge in [-0.1, -0.05) is 30.3 Å². The summed E-state index contributed by atoms with van der Waals surface area (Å²) in [5.74, 6) is -0.122. The molecule has 0 bridgehead atoms. The van der Waals surface area contributed by atoms with Crippen molar-refractivity contribution in [3.63, 3.8) is 0 Å². The largest absolute Gasteiger partial charge is 0.449 e. The molecule has 1 fully saturated rings. The van der Waals surface area contributed by atoms with Gasteiger partial charge < -0.3 is 4.74 Å².